The van der Waals surface area contributed by atoms with E-state index in [-0.39, 0.29) is 0 Å². The van der Waals surface area contributed by atoms with Crippen LogP contribution in [0.25, 0.3) is 106 Å². The maximum Gasteiger partial charge on any atom is 0.136 e. The molecule has 318 valence electrons. The maximum absolute atomic E-state index is 6.75. The zero-order chi connectivity index (χ0) is 44.5. The highest BCUT2D eigenvalue weighted by Crippen LogP contribution is 2.48. The summed E-state index contributed by atoms with van der Waals surface area (Å²) in [5.41, 5.74) is 10.1. The van der Waals surface area contributed by atoms with E-state index < -0.39 is 0 Å². The molecule has 0 fully saturated rings. The molecule has 0 atom stereocenters. The molecular formula is C62H36N2O2S2. The number of hydrogen-bond donors (Lipinski definition) is 0. The van der Waals surface area contributed by atoms with Crippen LogP contribution in [0.15, 0.2) is 227 Å². The fourth-order valence-corrected chi connectivity index (χ4v) is 13.1. The summed E-state index contributed by atoms with van der Waals surface area (Å²) in [5, 5.41) is 14.0. The van der Waals surface area contributed by atoms with Gasteiger partial charge < -0.3 is 18.6 Å². The van der Waals surface area contributed by atoms with Crippen LogP contribution in [-0.4, -0.2) is 0 Å². The lowest BCUT2D eigenvalue weighted by Crippen LogP contribution is -2.09. The van der Waals surface area contributed by atoms with Crippen LogP contribution in [0.1, 0.15) is 0 Å². The molecule has 6 heteroatoms. The summed E-state index contributed by atoms with van der Waals surface area (Å²) < 4.78 is 18.6. The first kappa shape index (κ1) is 37.8. The van der Waals surface area contributed by atoms with E-state index in [0.29, 0.717) is 0 Å². The van der Waals surface area contributed by atoms with E-state index in [4.69, 9.17) is 8.83 Å². The van der Waals surface area contributed by atoms with Crippen LogP contribution < -0.4 is 9.80 Å². The van der Waals surface area contributed by atoms with Gasteiger partial charge in [-0.3, -0.25) is 0 Å². The van der Waals surface area contributed by atoms with Crippen LogP contribution in [0.4, 0.5) is 34.1 Å². The lowest BCUT2D eigenvalue weighted by atomic mass is 10.0. The van der Waals surface area contributed by atoms with Crippen LogP contribution in [0.5, 0.6) is 0 Å². The zero-order valence-corrected chi connectivity index (χ0v) is 37.9. The Morgan fingerprint density at radius 1 is 0.279 bits per heavy atom. The number of rotatable bonds is 6. The largest absolute Gasteiger partial charge is 0.456 e. The minimum absolute atomic E-state index is 0.845. The van der Waals surface area contributed by atoms with Crippen LogP contribution in [0, 0.1) is 0 Å². The molecular weight excluding hydrogens is 869 g/mol. The normalized spacial score (nSPS) is 12.1. The average Bonchev–Trinajstić information content (AvgIpc) is 4.16. The van der Waals surface area contributed by atoms with Gasteiger partial charge in [0.15, 0.2) is 0 Å². The van der Waals surface area contributed by atoms with E-state index in [0.717, 1.165) is 99.5 Å². The summed E-state index contributed by atoms with van der Waals surface area (Å²) in [5.74, 6) is 0. The zero-order valence-electron chi connectivity index (χ0n) is 36.3. The Bertz CT molecular complexity index is 4230. The number of fused-ring (bicyclic) bond motifs is 15. The van der Waals surface area contributed by atoms with Gasteiger partial charge in [-0.05, 0) is 131 Å². The van der Waals surface area contributed by atoms with Crippen molar-refractivity contribution in [1.29, 1.82) is 0 Å². The summed E-state index contributed by atoms with van der Waals surface area (Å²) in [6.07, 6.45) is 0. The van der Waals surface area contributed by atoms with E-state index >= 15 is 0 Å². The Labute approximate surface area is 397 Å². The topological polar surface area (TPSA) is 32.8 Å². The van der Waals surface area contributed by atoms with Gasteiger partial charge in [-0.2, -0.15) is 0 Å². The molecule has 11 aromatic carbocycles. The Morgan fingerprint density at radius 2 is 0.706 bits per heavy atom. The number of nitrogens with zero attached hydrogens (tertiary/aromatic N) is 2. The Hall–Kier alpha value is -8.42. The summed E-state index contributed by atoms with van der Waals surface area (Å²) in [6.45, 7) is 0. The van der Waals surface area contributed by atoms with E-state index in [9.17, 15) is 0 Å². The molecule has 0 bridgehead atoms. The molecule has 0 amide bonds. The van der Waals surface area contributed by atoms with E-state index in [1.54, 1.807) is 0 Å². The fourth-order valence-electron chi connectivity index (χ4n) is 10.7. The van der Waals surface area contributed by atoms with E-state index in [2.05, 4.69) is 228 Å². The lowest BCUT2D eigenvalue weighted by molar-refractivity contribution is 0.663. The molecule has 0 aliphatic rings. The molecule has 4 aromatic heterocycles. The molecule has 0 aliphatic carbocycles. The minimum Gasteiger partial charge on any atom is -0.456 e. The molecule has 15 aromatic rings. The third kappa shape index (κ3) is 5.65. The van der Waals surface area contributed by atoms with Crippen molar-refractivity contribution < 1.29 is 8.83 Å². The van der Waals surface area contributed by atoms with Crippen molar-refractivity contribution >= 4 is 163 Å². The quantitative estimate of drug-likeness (QED) is 0.166. The second kappa shape index (κ2) is 14.5. The molecule has 0 unspecified atom stereocenters. The number of para-hydroxylation sites is 2. The Kier molecular flexibility index (Phi) is 8.07. The number of hydrogen-bond acceptors (Lipinski definition) is 6. The molecule has 4 heterocycles. The first-order valence-corrected chi connectivity index (χ1v) is 24.5. The first-order valence-electron chi connectivity index (χ1n) is 22.9. The number of thiophene rings is 2. The number of benzene rings is 11. The van der Waals surface area contributed by atoms with Crippen molar-refractivity contribution in [1.82, 2.24) is 0 Å². The number of anilines is 6. The van der Waals surface area contributed by atoms with Gasteiger partial charge in [0.1, 0.15) is 22.3 Å². The average molecular weight is 905 g/mol. The van der Waals surface area contributed by atoms with E-state index in [1.807, 2.05) is 22.7 Å². The SMILES string of the molecule is c1ccc(N(c2ccc3cc4c(cc3c2)oc2ccc3oc5cc6cc(N(c7ccccc7)c7cccc8c7sc7ccccc78)ccc6cc5c3c24)c2cccc3c2sc2ccccc23)cc1. The summed E-state index contributed by atoms with van der Waals surface area (Å²) in [6, 6.07) is 78.8. The van der Waals surface area contributed by atoms with Crippen LogP contribution in [0.3, 0.4) is 0 Å². The monoisotopic (exact) mass is 904 g/mol. The summed E-state index contributed by atoms with van der Waals surface area (Å²) in [7, 11) is 0. The first-order chi connectivity index (χ1) is 33.7. The van der Waals surface area contributed by atoms with Gasteiger partial charge in [-0.15, -0.1) is 22.7 Å². The third-order valence-corrected chi connectivity index (χ3v) is 16.2. The van der Waals surface area contributed by atoms with Crippen molar-refractivity contribution in [3.05, 3.63) is 218 Å². The molecule has 0 spiro atoms. The molecule has 0 aliphatic heterocycles. The molecule has 0 saturated carbocycles. The minimum atomic E-state index is 0.845. The Balaban J connectivity index is 0.867. The van der Waals surface area contributed by atoms with Gasteiger partial charge in [-0.1, -0.05) is 109 Å². The second-order valence-electron chi connectivity index (χ2n) is 17.6. The van der Waals surface area contributed by atoms with Crippen molar-refractivity contribution in [3.8, 4) is 0 Å². The standard InChI is InChI=1S/C62H36N2O2S2/c1-3-13-41(14-4-1)63(51-21-11-19-47-45-17-7-9-23-57(45)67-61(47)51)43-27-25-37-33-49-55(35-39(37)31-43)65-53-29-30-54-60(59(49)53)50-34-38-26-28-44(32-40(38)36-56(50)66-54)64(42-15-5-2-6-16-42)52-22-12-20-48-46-18-8-10-24-58(46)68-62(48)52/h1-36H. The van der Waals surface area contributed by atoms with Crippen LogP contribution in [0.2, 0.25) is 0 Å². The molecule has 4 nitrogen and oxygen atoms in total. The van der Waals surface area contributed by atoms with Crippen molar-refractivity contribution in [2.24, 2.45) is 0 Å². The van der Waals surface area contributed by atoms with Crippen molar-refractivity contribution in [2.75, 3.05) is 9.80 Å². The van der Waals surface area contributed by atoms with Gasteiger partial charge in [0.25, 0.3) is 0 Å². The van der Waals surface area contributed by atoms with Gasteiger partial charge >= 0.3 is 0 Å². The predicted octanol–water partition coefficient (Wildman–Crippen LogP) is 19.5. The van der Waals surface area contributed by atoms with Crippen molar-refractivity contribution in [2.45, 2.75) is 0 Å². The van der Waals surface area contributed by atoms with Crippen LogP contribution >= 0.6 is 22.7 Å². The van der Waals surface area contributed by atoms with Gasteiger partial charge in [-0.25, -0.2) is 0 Å². The lowest BCUT2D eigenvalue weighted by Gasteiger charge is -2.26. The highest BCUT2D eigenvalue weighted by molar-refractivity contribution is 7.26. The Morgan fingerprint density at radius 3 is 1.18 bits per heavy atom. The summed E-state index contributed by atoms with van der Waals surface area (Å²) in [4.78, 5) is 4.78. The highest BCUT2D eigenvalue weighted by Gasteiger charge is 2.22. The maximum atomic E-state index is 6.75. The predicted molar refractivity (Wildman–Crippen MR) is 291 cm³/mol. The van der Waals surface area contributed by atoms with E-state index in [1.165, 1.54) is 40.3 Å². The van der Waals surface area contributed by atoms with Gasteiger partial charge in [0.05, 0.1) is 20.8 Å². The van der Waals surface area contributed by atoms with Gasteiger partial charge in [0, 0.05) is 75.2 Å². The summed E-state index contributed by atoms with van der Waals surface area (Å²) >= 11 is 3.70. The molecule has 15 rings (SSSR count). The molecule has 0 saturated heterocycles. The van der Waals surface area contributed by atoms with Crippen molar-refractivity contribution in [3.63, 3.8) is 0 Å². The van der Waals surface area contributed by atoms with Crippen LogP contribution in [-0.2, 0) is 0 Å². The highest BCUT2D eigenvalue weighted by atomic mass is 32.1. The third-order valence-electron chi connectivity index (χ3n) is 13.7. The number of furan rings is 2. The van der Waals surface area contributed by atoms with Gasteiger partial charge in [0.2, 0.25) is 0 Å². The fraction of sp³-hybridized carbons (Fsp3) is 0. The molecule has 0 radical (unpaired) electrons. The molecule has 68 heavy (non-hydrogen) atoms. The second-order valence-corrected chi connectivity index (χ2v) is 19.7. The smallest absolute Gasteiger partial charge is 0.136 e. The molecule has 0 N–H and O–H groups in total.